The lowest BCUT2D eigenvalue weighted by Crippen LogP contribution is -2.26. The number of furan rings is 1. The Hall–Kier alpha value is -2.24. The first kappa shape index (κ1) is 10.9. The monoisotopic (exact) mass is 247 g/mol. The van der Waals surface area contributed by atoms with Gasteiger partial charge in [0.2, 0.25) is 5.88 Å². The van der Waals surface area contributed by atoms with Crippen LogP contribution in [0.4, 0.5) is 0 Å². The van der Waals surface area contributed by atoms with Crippen molar-refractivity contribution in [1.82, 2.24) is 15.1 Å². The van der Waals surface area contributed by atoms with E-state index in [9.17, 15) is 4.79 Å². The van der Waals surface area contributed by atoms with E-state index in [0.29, 0.717) is 37.7 Å². The number of rotatable bonds is 4. The number of nitrogens with zero attached hydrogens (tertiary/aromatic N) is 2. The maximum absolute atomic E-state index is 11.8. The van der Waals surface area contributed by atoms with E-state index in [1.54, 1.807) is 17.0 Å². The zero-order valence-electron chi connectivity index (χ0n) is 9.76. The highest BCUT2D eigenvalue weighted by molar-refractivity contribution is 5.92. The van der Waals surface area contributed by atoms with Crippen LogP contribution in [0.5, 0.6) is 5.88 Å². The van der Waals surface area contributed by atoms with E-state index in [4.69, 9.17) is 9.15 Å². The maximum Gasteiger partial charge on any atom is 0.271 e. The summed E-state index contributed by atoms with van der Waals surface area (Å²) in [6, 6.07) is 5.37. The van der Waals surface area contributed by atoms with Gasteiger partial charge in [-0.3, -0.25) is 4.79 Å². The summed E-state index contributed by atoms with van der Waals surface area (Å²) < 4.78 is 12.2. The summed E-state index contributed by atoms with van der Waals surface area (Å²) in [6.45, 7) is 1.85. The average molecular weight is 247 g/mol. The Morgan fingerprint density at radius 2 is 2.50 bits per heavy atom. The fourth-order valence-corrected chi connectivity index (χ4v) is 1.87. The van der Waals surface area contributed by atoms with E-state index in [2.05, 4.69) is 10.4 Å². The minimum Gasteiger partial charge on any atom is -0.476 e. The minimum absolute atomic E-state index is 0.188. The number of fused-ring (bicyclic) bond motifs is 1. The highest BCUT2D eigenvalue weighted by Crippen LogP contribution is 2.18. The predicted molar refractivity (Wildman–Crippen MR) is 62.5 cm³/mol. The van der Waals surface area contributed by atoms with Crippen LogP contribution in [-0.4, -0.2) is 28.8 Å². The summed E-state index contributed by atoms with van der Waals surface area (Å²) in [5.41, 5.74) is 0.393. The van der Waals surface area contributed by atoms with Gasteiger partial charge >= 0.3 is 0 Å². The van der Waals surface area contributed by atoms with Gasteiger partial charge in [0.05, 0.1) is 12.8 Å². The van der Waals surface area contributed by atoms with Gasteiger partial charge in [0.25, 0.3) is 5.91 Å². The van der Waals surface area contributed by atoms with Crippen LogP contribution in [0.15, 0.2) is 28.9 Å². The highest BCUT2D eigenvalue weighted by atomic mass is 16.5. The molecule has 94 valence electrons. The zero-order valence-corrected chi connectivity index (χ0v) is 9.76. The molecule has 3 heterocycles. The lowest BCUT2D eigenvalue weighted by atomic mass is 10.3. The lowest BCUT2D eigenvalue weighted by molar-refractivity contribution is 0.0947. The molecule has 0 saturated carbocycles. The molecular weight excluding hydrogens is 234 g/mol. The fraction of sp³-hybridized carbons (Fsp3) is 0.333. The van der Waals surface area contributed by atoms with E-state index in [0.717, 1.165) is 5.76 Å². The van der Waals surface area contributed by atoms with Gasteiger partial charge < -0.3 is 14.5 Å². The van der Waals surface area contributed by atoms with Crippen LogP contribution in [-0.2, 0) is 13.0 Å². The smallest absolute Gasteiger partial charge is 0.271 e. The van der Waals surface area contributed by atoms with Gasteiger partial charge in [-0.15, -0.1) is 0 Å². The Kier molecular flexibility index (Phi) is 2.76. The van der Waals surface area contributed by atoms with Gasteiger partial charge in [0, 0.05) is 19.0 Å². The summed E-state index contributed by atoms with van der Waals surface area (Å²) in [7, 11) is 0. The molecule has 0 spiro atoms. The van der Waals surface area contributed by atoms with Crippen molar-refractivity contribution >= 4 is 5.91 Å². The Labute approximate surface area is 104 Å². The van der Waals surface area contributed by atoms with Crippen LogP contribution >= 0.6 is 0 Å². The third-order valence-electron chi connectivity index (χ3n) is 2.77. The molecule has 0 atom stereocenters. The van der Waals surface area contributed by atoms with Crippen molar-refractivity contribution in [3.8, 4) is 5.88 Å². The summed E-state index contributed by atoms with van der Waals surface area (Å²) in [6.07, 6.45) is 2.29. The zero-order chi connectivity index (χ0) is 12.4. The maximum atomic E-state index is 11.8. The molecule has 1 aliphatic heterocycles. The van der Waals surface area contributed by atoms with Crippen molar-refractivity contribution in [1.29, 1.82) is 0 Å². The Bertz CT molecular complexity index is 523. The second kappa shape index (κ2) is 4.56. The van der Waals surface area contributed by atoms with Crippen molar-refractivity contribution in [2.24, 2.45) is 0 Å². The van der Waals surface area contributed by atoms with Crippen LogP contribution in [0.25, 0.3) is 0 Å². The topological polar surface area (TPSA) is 69.3 Å². The summed E-state index contributed by atoms with van der Waals surface area (Å²) >= 11 is 0. The standard InChI is InChI=1S/C12H13N3O3/c16-12(13-4-3-9-2-1-6-17-9)10-8-11-15(14-10)5-7-18-11/h1-2,6,8H,3-5,7H2,(H,13,16). The Morgan fingerprint density at radius 3 is 3.28 bits per heavy atom. The number of amides is 1. The molecule has 6 nitrogen and oxygen atoms in total. The molecule has 3 rings (SSSR count). The number of hydrogen-bond donors (Lipinski definition) is 1. The van der Waals surface area contributed by atoms with E-state index in [-0.39, 0.29) is 5.91 Å². The summed E-state index contributed by atoms with van der Waals surface area (Å²) in [5, 5.41) is 6.96. The molecule has 1 N–H and O–H groups in total. The molecule has 0 bridgehead atoms. The molecule has 2 aromatic heterocycles. The van der Waals surface area contributed by atoms with Crippen LogP contribution in [0.1, 0.15) is 16.2 Å². The number of carbonyl (C=O) groups is 1. The number of hydrogen-bond acceptors (Lipinski definition) is 4. The molecular formula is C12H13N3O3. The van der Waals surface area contributed by atoms with E-state index >= 15 is 0 Å². The van der Waals surface area contributed by atoms with E-state index < -0.39 is 0 Å². The van der Waals surface area contributed by atoms with E-state index in [1.807, 2.05) is 12.1 Å². The van der Waals surface area contributed by atoms with Crippen LogP contribution < -0.4 is 10.1 Å². The van der Waals surface area contributed by atoms with Gasteiger partial charge in [-0.25, -0.2) is 4.68 Å². The second-order valence-electron chi connectivity index (χ2n) is 4.02. The molecule has 6 heteroatoms. The molecule has 0 radical (unpaired) electrons. The quantitative estimate of drug-likeness (QED) is 0.869. The molecule has 2 aromatic rings. The largest absolute Gasteiger partial charge is 0.476 e. The third kappa shape index (κ3) is 2.09. The number of aromatic nitrogens is 2. The van der Waals surface area contributed by atoms with Crippen LogP contribution in [0, 0.1) is 0 Å². The van der Waals surface area contributed by atoms with Gasteiger partial charge in [-0.2, -0.15) is 5.10 Å². The summed E-state index contributed by atoms with van der Waals surface area (Å²) in [5.74, 6) is 1.32. The van der Waals surface area contributed by atoms with Crippen molar-refractivity contribution in [2.45, 2.75) is 13.0 Å². The molecule has 0 unspecified atom stereocenters. The number of carbonyl (C=O) groups excluding carboxylic acids is 1. The molecule has 1 aliphatic rings. The number of nitrogens with one attached hydrogen (secondary N) is 1. The van der Waals surface area contributed by atoms with E-state index in [1.165, 1.54) is 0 Å². The predicted octanol–water partition coefficient (Wildman–Crippen LogP) is 0.841. The van der Waals surface area contributed by atoms with Gasteiger partial charge in [0.15, 0.2) is 5.69 Å². The third-order valence-corrected chi connectivity index (χ3v) is 2.77. The first-order valence-electron chi connectivity index (χ1n) is 5.84. The van der Waals surface area contributed by atoms with Crippen molar-refractivity contribution in [2.75, 3.05) is 13.2 Å². The molecule has 0 aromatic carbocycles. The Morgan fingerprint density at radius 1 is 1.56 bits per heavy atom. The van der Waals surface area contributed by atoms with Crippen LogP contribution in [0.2, 0.25) is 0 Å². The van der Waals surface area contributed by atoms with Crippen molar-refractivity contribution < 1.29 is 13.9 Å². The molecule has 0 aliphatic carbocycles. The second-order valence-corrected chi connectivity index (χ2v) is 4.02. The highest BCUT2D eigenvalue weighted by Gasteiger charge is 2.18. The number of ether oxygens (including phenoxy) is 1. The first-order valence-corrected chi connectivity index (χ1v) is 5.84. The molecule has 0 saturated heterocycles. The average Bonchev–Trinajstić information content (AvgIpc) is 3.04. The fourth-order valence-electron chi connectivity index (χ4n) is 1.87. The van der Waals surface area contributed by atoms with Gasteiger partial charge in [-0.1, -0.05) is 0 Å². The van der Waals surface area contributed by atoms with Crippen molar-refractivity contribution in [3.63, 3.8) is 0 Å². The SMILES string of the molecule is O=C(NCCc1ccco1)c1cc2n(n1)CCO2. The summed E-state index contributed by atoms with van der Waals surface area (Å²) in [4.78, 5) is 11.8. The molecule has 1 amide bonds. The Balaban J connectivity index is 1.54. The van der Waals surface area contributed by atoms with Gasteiger partial charge in [-0.05, 0) is 12.1 Å². The van der Waals surface area contributed by atoms with Crippen LogP contribution in [0.3, 0.4) is 0 Å². The molecule has 0 fully saturated rings. The molecule has 18 heavy (non-hydrogen) atoms. The van der Waals surface area contributed by atoms with Gasteiger partial charge in [0.1, 0.15) is 12.4 Å². The minimum atomic E-state index is -0.188. The van der Waals surface area contributed by atoms with Crippen molar-refractivity contribution in [3.05, 3.63) is 35.9 Å². The first-order chi connectivity index (χ1) is 8.83. The normalized spacial score (nSPS) is 13.1. The lowest BCUT2D eigenvalue weighted by Gasteiger charge is -2.01.